The molecule has 0 aliphatic heterocycles. The molecule has 1 aromatic rings. The summed E-state index contributed by atoms with van der Waals surface area (Å²) in [5.41, 5.74) is 10.3. The highest BCUT2D eigenvalue weighted by Gasteiger charge is 2.03. The number of hydrogen-bond acceptors (Lipinski definition) is 2. The van der Waals surface area contributed by atoms with Gasteiger partial charge in [-0.15, -0.1) is 0 Å². The van der Waals surface area contributed by atoms with Crippen molar-refractivity contribution in [1.82, 2.24) is 0 Å². The van der Waals surface area contributed by atoms with Gasteiger partial charge in [-0.2, -0.15) is 0 Å². The maximum Gasteiger partial charge on any atom is 0.0658 e. The molecular weight excluding hydrogens is 232 g/mol. The maximum atomic E-state index is 6.00. The molecule has 102 valence electrons. The van der Waals surface area contributed by atoms with E-state index < -0.39 is 0 Å². The van der Waals surface area contributed by atoms with Crippen molar-refractivity contribution in [2.24, 2.45) is 10.7 Å². The summed E-state index contributed by atoms with van der Waals surface area (Å²) >= 11 is 0. The lowest BCUT2D eigenvalue weighted by Gasteiger charge is -2.08. The second kappa shape index (κ2) is 7.70. The molecule has 0 spiro atoms. The van der Waals surface area contributed by atoms with Gasteiger partial charge in [0.05, 0.1) is 5.69 Å². The fraction of sp³-hybridized carbons (Fsp3) is 0.353. The first-order valence-electron chi connectivity index (χ1n) is 6.76. The number of nitrogens with zero attached hydrogens (tertiary/aromatic N) is 1. The van der Waals surface area contributed by atoms with E-state index in [1.54, 1.807) is 0 Å². The van der Waals surface area contributed by atoms with Gasteiger partial charge in [-0.25, -0.2) is 0 Å². The van der Waals surface area contributed by atoms with Crippen LogP contribution in [0.4, 0.5) is 5.69 Å². The zero-order valence-electron chi connectivity index (χ0n) is 12.4. The van der Waals surface area contributed by atoms with Crippen molar-refractivity contribution >= 4 is 11.4 Å². The summed E-state index contributed by atoms with van der Waals surface area (Å²) in [5, 5.41) is 0. The van der Waals surface area contributed by atoms with Crippen LogP contribution in [0.1, 0.15) is 31.4 Å². The Morgan fingerprint density at radius 1 is 1.11 bits per heavy atom. The maximum absolute atomic E-state index is 6.00. The van der Waals surface area contributed by atoms with E-state index in [1.165, 1.54) is 5.56 Å². The van der Waals surface area contributed by atoms with Crippen LogP contribution in [0.3, 0.4) is 0 Å². The molecule has 0 radical (unpaired) electrons. The first-order valence-corrected chi connectivity index (χ1v) is 6.76. The molecule has 19 heavy (non-hydrogen) atoms. The van der Waals surface area contributed by atoms with Crippen LogP contribution < -0.4 is 5.73 Å². The fourth-order valence-electron chi connectivity index (χ4n) is 1.66. The summed E-state index contributed by atoms with van der Waals surface area (Å²) in [6.45, 7) is 8.22. The van der Waals surface area contributed by atoms with E-state index in [1.807, 2.05) is 25.1 Å². The molecule has 2 heteroatoms. The van der Waals surface area contributed by atoms with E-state index in [-0.39, 0.29) is 6.04 Å². The smallest absolute Gasteiger partial charge is 0.0658 e. The van der Waals surface area contributed by atoms with Gasteiger partial charge in [0.1, 0.15) is 0 Å². The molecule has 0 amide bonds. The number of rotatable bonds is 3. The Hall–Kier alpha value is -1.67. The predicted octanol–water partition coefficient (Wildman–Crippen LogP) is 4.26. The van der Waals surface area contributed by atoms with Crippen LogP contribution in [0.5, 0.6) is 0 Å². The zero-order valence-corrected chi connectivity index (χ0v) is 12.4. The van der Waals surface area contributed by atoms with E-state index in [2.05, 4.69) is 50.0 Å². The number of aryl methyl sites for hydroxylation is 2. The molecule has 0 saturated carbocycles. The van der Waals surface area contributed by atoms with Gasteiger partial charge in [0, 0.05) is 11.8 Å². The minimum atomic E-state index is 0.0331. The van der Waals surface area contributed by atoms with Gasteiger partial charge < -0.3 is 5.73 Å². The van der Waals surface area contributed by atoms with Gasteiger partial charge >= 0.3 is 0 Å². The van der Waals surface area contributed by atoms with E-state index >= 15 is 0 Å². The molecule has 0 saturated heterocycles. The summed E-state index contributed by atoms with van der Waals surface area (Å²) in [5.74, 6) is 0. The standard InChI is InChI=1S/C17H24N2/c1-5-16(18)15(4)19-17-12-7-6-9-13(2)10-8-11-14(17)3/h6-12,16H,5,18H2,1-4H3. The summed E-state index contributed by atoms with van der Waals surface area (Å²) in [6, 6.07) is 14.4. The summed E-state index contributed by atoms with van der Waals surface area (Å²) in [7, 11) is 0. The van der Waals surface area contributed by atoms with Crippen molar-refractivity contribution in [2.75, 3.05) is 0 Å². The normalized spacial score (nSPS) is 12.8. The Balaban J connectivity index is 3.28. The molecule has 2 N–H and O–H groups in total. The minimum Gasteiger partial charge on any atom is -0.323 e. The molecule has 0 bridgehead atoms. The fourth-order valence-corrected chi connectivity index (χ4v) is 1.66. The average Bonchev–Trinajstić information content (AvgIpc) is 2.40. The van der Waals surface area contributed by atoms with Crippen LogP contribution >= 0.6 is 0 Å². The van der Waals surface area contributed by atoms with Crippen LogP contribution in [0.15, 0.2) is 47.5 Å². The van der Waals surface area contributed by atoms with Gasteiger partial charge in [-0.3, -0.25) is 4.99 Å². The molecular formula is C17H24N2. The number of nitrogens with two attached hydrogens (primary N) is 1. The van der Waals surface area contributed by atoms with Crippen molar-refractivity contribution < 1.29 is 0 Å². The Labute approximate surface area is 116 Å². The molecule has 2 nitrogen and oxygen atoms in total. The molecule has 1 rings (SSSR count). The van der Waals surface area contributed by atoms with Crippen LogP contribution in [-0.2, 0) is 0 Å². The minimum absolute atomic E-state index is 0.0331. The summed E-state index contributed by atoms with van der Waals surface area (Å²) in [6.07, 6.45) is 0.906. The highest BCUT2D eigenvalue weighted by Crippen LogP contribution is 2.16. The third kappa shape index (κ3) is 5.23. The zero-order chi connectivity index (χ0) is 14.3. The van der Waals surface area contributed by atoms with E-state index in [4.69, 9.17) is 5.73 Å². The van der Waals surface area contributed by atoms with E-state index in [9.17, 15) is 0 Å². The van der Waals surface area contributed by atoms with E-state index in [0.717, 1.165) is 23.4 Å². The molecule has 1 aromatic carbocycles. The Kier molecular flexibility index (Phi) is 6.23. The molecule has 1 atom stereocenters. The van der Waals surface area contributed by atoms with E-state index in [0.29, 0.717) is 0 Å². The van der Waals surface area contributed by atoms with Crippen molar-refractivity contribution in [2.45, 2.75) is 40.2 Å². The van der Waals surface area contributed by atoms with Gasteiger partial charge in [0.15, 0.2) is 0 Å². The largest absolute Gasteiger partial charge is 0.323 e. The molecule has 0 aliphatic carbocycles. The van der Waals surface area contributed by atoms with Gasteiger partial charge in [-0.1, -0.05) is 48.9 Å². The van der Waals surface area contributed by atoms with Crippen molar-refractivity contribution in [1.29, 1.82) is 0 Å². The second-order valence-corrected chi connectivity index (χ2v) is 4.82. The van der Waals surface area contributed by atoms with Crippen molar-refractivity contribution in [3.63, 3.8) is 0 Å². The van der Waals surface area contributed by atoms with Crippen LogP contribution in [0.2, 0.25) is 0 Å². The van der Waals surface area contributed by atoms with Gasteiger partial charge in [-0.05, 0) is 38.8 Å². The first kappa shape index (κ1) is 15.4. The van der Waals surface area contributed by atoms with Crippen LogP contribution in [-0.4, -0.2) is 11.8 Å². The highest BCUT2D eigenvalue weighted by molar-refractivity contribution is 5.89. The predicted molar refractivity (Wildman–Crippen MR) is 84.6 cm³/mol. The number of aliphatic imine (C=N–C) groups is 1. The first-order chi connectivity index (χ1) is 9.04. The highest BCUT2D eigenvalue weighted by atomic mass is 14.8. The second-order valence-electron chi connectivity index (χ2n) is 4.82. The topological polar surface area (TPSA) is 38.4 Å². The molecule has 0 heterocycles. The quantitative estimate of drug-likeness (QED) is 0.806. The Morgan fingerprint density at radius 3 is 2.42 bits per heavy atom. The molecule has 0 fully saturated rings. The van der Waals surface area contributed by atoms with Crippen molar-refractivity contribution in [3.8, 4) is 0 Å². The average molecular weight is 256 g/mol. The van der Waals surface area contributed by atoms with Gasteiger partial charge in [0.2, 0.25) is 0 Å². The molecule has 0 aliphatic rings. The third-order valence-corrected chi connectivity index (χ3v) is 3.11. The van der Waals surface area contributed by atoms with Crippen LogP contribution in [0, 0.1) is 13.8 Å². The SMILES string of the molecule is CCC(N)C(C)=Nc1ccccc(C)cccc1C. The van der Waals surface area contributed by atoms with Gasteiger partial charge in [0.25, 0.3) is 0 Å². The lowest BCUT2D eigenvalue weighted by Crippen LogP contribution is -2.27. The number of hydrogen-bond donors (Lipinski definition) is 1. The Bertz CT molecular complexity index is 503. The Morgan fingerprint density at radius 2 is 1.74 bits per heavy atom. The monoisotopic (exact) mass is 256 g/mol. The molecule has 0 aromatic heterocycles. The third-order valence-electron chi connectivity index (χ3n) is 3.11. The lowest BCUT2D eigenvalue weighted by atomic mass is 10.1. The van der Waals surface area contributed by atoms with Crippen LogP contribution in [0.25, 0.3) is 0 Å². The summed E-state index contributed by atoms with van der Waals surface area (Å²) in [4.78, 5) is 4.66. The van der Waals surface area contributed by atoms with Crippen molar-refractivity contribution in [3.05, 3.63) is 53.6 Å². The molecule has 1 unspecified atom stereocenters. The summed E-state index contributed by atoms with van der Waals surface area (Å²) < 4.78 is 0. The lowest BCUT2D eigenvalue weighted by molar-refractivity contribution is 0.815.